The molecule has 6 heteroatoms. The maximum Gasteiger partial charge on any atom is 0.191 e. The van der Waals surface area contributed by atoms with Gasteiger partial charge in [-0.2, -0.15) is 0 Å². The molecule has 0 saturated carbocycles. The molecule has 0 aromatic heterocycles. The van der Waals surface area contributed by atoms with Crippen molar-refractivity contribution >= 4 is 29.9 Å². The summed E-state index contributed by atoms with van der Waals surface area (Å²) in [4.78, 5) is 6.87. The number of nitrogens with one attached hydrogen (secondary N) is 2. The zero-order valence-electron chi connectivity index (χ0n) is 16.5. The van der Waals surface area contributed by atoms with Gasteiger partial charge in [0.25, 0.3) is 0 Å². The maximum absolute atomic E-state index is 5.53. The first-order valence-corrected chi connectivity index (χ1v) is 9.72. The van der Waals surface area contributed by atoms with Gasteiger partial charge in [0.15, 0.2) is 5.96 Å². The van der Waals surface area contributed by atoms with Crippen LogP contribution in [0.5, 0.6) is 0 Å². The van der Waals surface area contributed by atoms with Gasteiger partial charge in [0.1, 0.15) is 0 Å². The van der Waals surface area contributed by atoms with Crippen molar-refractivity contribution in [3.05, 3.63) is 71.8 Å². The molecule has 1 unspecified atom stereocenters. The van der Waals surface area contributed by atoms with Crippen LogP contribution in [0.15, 0.2) is 65.7 Å². The molecule has 1 atom stereocenters. The third-order valence-corrected chi connectivity index (χ3v) is 4.91. The average molecular weight is 494 g/mol. The first-order chi connectivity index (χ1) is 13.4. The molecule has 1 fully saturated rings. The minimum Gasteiger partial charge on any atom is -0.379 e. The van der Waals surface area contributed by atoms with Gasteiger partial charge in [-0.05, 0) is 17.5 Å². The highest BCUT2D eigenvalue weighted by Gasteiger charge is 2.22. The summed E-state index contributed by atoms with van der Waals surface area (Å²) in [6.45, 7) is 5.19. The summed E-state index contributed by atoms with van der Waals surface area (Å²) in [5.41, 5.74) is 2.66. The fourth-order valence-electron chi connectivity index (χ4n) is 3.41. The molecule has 0 radical (unpaired) electrons. The third-order valence-electron chi connectivity index (χ3n) is 4.91. The first-order valence-electron chi connectivity index (χ1n) is 9.72. The molecule has 0 spiro atoms. The zero-order chi connectivity index (χ0) is 18.7. The van der Waals surface area contributed by atoms with Gasteiger partial charge in [-0.25, -0.2) is 0 Å². The van der Waals surface area contributed by atoms with Crippen LogP contribution in [0.2, 0.25) is 0 Å². The van der Waals surface area contributed by atoms with Gasteiger partial charge in [-0.3, -0.25) is 9.89 Å². The molecule has 0 bridgehead atoms. The van der Waals surface area contributed by atoms with Crippen LogP contribution in [0.25, 0.3) is 0 Å². The van der Waals surface area contributed by atoms with Crippen molar-refractivity contribution in [2.75, 3.05) is 46.4 Å². The van der Waals surface area contributed by atoms with Crippen molar-refractivity contribution in [1.82, 2.24) is 15.5 Å². The van der Waals surface area contributed by atoms with Crippen molar-refractivity contribution in [2.24, 2.45) is 4.99 Å². The summed E-state index contributed by atoms with van der Waals surface area (Å²) in [7, 11) is 1.82. The second-order valence-corrected chi connectivity index (χ2v) is 6.69. The molecule has 1 saturated heterocycles. The predicted octanol–water partition coefficient (Wildman–Crippen LogP) is 3.09. The summed E-state index contributed by atoms with van der Waals surface area (Å²) in [6, 6.07) is 21.5. The highest BCUT2D eigenvalue weighted by Crippen LogP contribution is 2.20. The van der Waals surface area contributed by atoms with E-state index in [0.717, 1.165) is 51.8 Å². The highest BCUT2D eigenvalue weighted by atomic mass is 127. The van der Waals surface area contributed by atoms with Gasteiger partial charge >= 0.3 is 0 Å². The molecular formula is C22H31IN4O. The summed E-state index contributed by atoms with van der Waals surface area (Å²) in [5.74, 6) is 0.847. The van der Waals surface area contributed by atoms with Crippen molar-refractivity contribution in [1.29, 1.82) is 0 Å². The van der Waals surface area contributed by atoms with E-state index in [0.29, 0.717) is 6.04 Å². The van der Waals surface area contributed by atoms with Crippen LogP contribution in [-0.4, -0.2) is 57.3 Å². The van der Waals surface area contributed by atoms with Crippen LogP contribution in [0, 0.1) is 0 Å². The summed E-state index contributed by atoms with van der Waals surface area (Å²) < 4.78 is 5.53. The molecule has 1 aliphatic heterocycles. The van der Waals surface area contributed by atoms with Crippen molar-refractivity contribution in [3.8, 4) is 0 Å². The van der Waals surface area contributed by atoms with Crippen molar-refractivity contribution in [3.63, 3.8) is 0 Å². The Kier molecular flexibility index (Phi) is 10.3. The Labute approximate surface area is 185 Å². The number of rotatable bonds is 7. The van der Waals surface area contributed by atoms with Crippen LogP contribution in [0.1, 0.15) is 17.2 Å². The lowest BCUT2D eigenvalue weighted by molar-refractivity contribution is 0.0170. The van der Waals surface area contributed by atoms with Gasteiger partial charge in [0.2, 0.25) is 0 Å². The molecule has 0 aliphatic carbocycles. The number of nitrogens with zero attached hydrogens (tertiary/aromatic N) is 2. The summed E-state index contributed by atoms with van der Waals surface area (Å²) in [6.07, 6.45) is 0.979. The van der Waals surface area contributed by atoms with Crippen molar-refractivity contribution < 1.29 is 4.74 Å². The third kappa shape index (κ3) is 7.07. The standard InChI is InChI=1S/C22H30N4O.HI/c1-23-22(24-13-12-19-8-4-2-5-9-19)25-18-21(20-10-6-3-7-11-20)26-14-16-27-17-15-26;/h2-11,21H,12-18H2,1H3,(H2,23,24,25);1H. The normalized spacial score (nSPS) is 16.1. The first kappa shape index (κ1) is 22.6. The Balaban J connectivity index is 0.00000280. The fraction of sp³-hybridized carbons (Fsp3) is 0.409. The van der Waals surface area contributed by atoms with E-state index in [1.807, 2.05) is 13.1 Å². The summed E-state index contributed by atoms with van der Waals surface area (Å²) >= 11 is 0. The minimum absolute atomic E-state index is 0. The topological polar surface area (TPSA) is 48.9 Å². The SMILES string of the molecule is CN=C(NCCc1ccccc1)NCC(c1ccccc1)N1CCOCC1.I. The van der Waals surface area contributed by atoms with Crippen LogP contribution < -0.4 is 10.6 Å². The molecule has 2 aromatic rings. The van der Waals surface area contributed by atoms with Crippen LogP contribution in [-0.2, 0) is 11.2 Å². The Bertz CT molecular complexity index is 690. The molecule has 2 N–H and O–H groups in total. The van der Waals surface area contributed by atoms with Crippen LogP contribution in [0.3, 0.4) is 0 Å². The van der Waals surface area contributed by atoms with E-state index in [1.54, 1.807) is 0 Å². The number of benzene rings is 2. The van der Waals surface area contributed by atoms with Crippen molar-refractivity contribution in [2.45, 2.75) is 12.5 Å². The number of halogens is 1. The maximum atomic E-state index is 5.53. The largest absolute Gasteiger partial charge is 0.379 e. The second-order valence-electron chi connectivity index (χ2n) is 6.69. The van der Waals surface area contributed by atoms with E-state index in [-0.39, 0.29) is 24.0 Å². The predicted molar refractivity (Wildman–Crippen MR) is 127 cm³/mol. The molecule has 2 aromatic carbocycles. The molecule has 1 heterocycles. The zero-order valence-corrected chi connectivity index (χ0v) is 18.8. The molecule has 1 aliphatic rings. The van der Waals surface area contributed by atoms with Gasteiger partial charge in [-0.1, -0.05) is 60.7 Å². The quantitative estimate of drug-likeness (QED) is 0.353. The number of hydrogen-bond acceptors (Lipinski definition) is 3. The Morgan fingerprint density at radius 3 is 2.29 bits per heavy atom. The van der Waals surface area contributed by atoms with E-state index in [1.165, 1.54) is 11.1 Å². The van der Waals surface area contributed by atoms with E-state index in [4.69, 9.17) is 4.74 Å². The molecule has 3 rings (SSSR count). The smallest absolute Gasteiger partial charge is 0.191 e. The molecule has 28 heavy (non-hydrogen) atoms. The minimum atomic E-state index is 0. The fourth-order valence-corrected chi connectivity index (χ4v) is 3.41. The Morgan fingerprint density at radius 2 is 1.64 bits per heavy atom. The molecule has 5 nitrogen and oxygen atoms in total. The second kappa shape index (κ2) is 12.7. The van der Waals surface area contributed by atoms with E-state index >= 15 is 0 Å². The number of guanidine groups is 1. The lowest BCUT2D eigenvalue weighted by atomic mass is 10.0. The number of morpholine rings is 1. The van der Waals surface area contributed by atoms with Gasteiger partial charge < -0.3 is 15.4 Å². The number of ether oxygens (including phenoxy) is 1. The highest BCUT2D eigenvalue weighted by molar-refractivity contribution is 14.0. The Hall–Kier alpha value is -1.64. The van der Waals surface area contributed by atoms with Gasteiger partial charge in [0, 0.05) is 33.2 Å². The van der Waals surface area contributed by atoms with Crippen LogP contribution >= 0.6 is 24.0 Å². The van der Waals surface area contributed by atoms with E-state index in [2.05, 4.69) is 75.1 Å². The summed E-state index contributed by atoms with van der Waals surface area (Å²) in [5, 5.41) is 6.93. The number of hydrogen-bond donors (Lipinski definition) is 2. The monoisotopic (exact) mass is 494 g/mol. The van der Waals surface area contributed by atoms with Crippen LogP contribution in [0.4, 0.5) is 0 Å². The van der Waals surface area contributed by atoms with Gasteiger partial charge in [-0.15, -0.1) is 24.0 Å². The van der Waals surface area contributed by atoms with Gasteiger partial charge in [0.05, 0.1) is 19.3 Å². The molecule has 0 amide bonds. The number of aliphatic imine (C=N–C) groups is 1. The van der Waals surface area contributed by atoms with E-state index in [9.17, 15) is 0 Å². The lowest BCUT2D eigenvalue weighted by Crippen LogP contribution is -2.46. The lowest BCUT2D eigenvalue weighted by Gasteiger charge is -2.35. The Morgan fingerprint density at radius 1 is 1.00 bits per heavy atom. The average Bonchev–Trinajstić information content (AvgIpc) is 2.75. The molecule has 152 valence electrons. The molecular weight excluding hydrogens is 463 g/mol. The van der Waals surface area contributed by atoms with E-state index < -0.39 is 0 Å².